The molecule has 0 saturated heterocycles. The van der Waals surface area contributed by atoms with Crippen LogP contribution >= 0.6 is 0 Å². The van der Waals surface area contributed by atoms with E-state index in [0.29, 0.717) is 12.2 Å². The number of carbonyl (C=O) groups is 1. The fourth-order valence-electron chi connectivity index (χ4n) is 1.71. The van der Waals surface area contributed by atoms with Crippen LogP contribution in [0, 0.1) is 0 Å². The molecular weight excluding hydrogens is 246 g/mol. The first kappa shape index (κ1) is 12.8. The van der Waals surface area contributed by atoms with Gasteiger partial charge in [-0.2, -0.15) is 0 Å². The number of hydrogen-bond acceptors (Lipinski definition) is 5. The van der Waals surface area contributed by atoms with Gasteiger partial charge in [0.15, 0.2) is 0 Å². The highest BCUT2D eigenvalue weighted by Gasteiger charge is 2.13. The average Bonchev–Trinajstić information content (AvgIpc) is 2.39. The van der Waals surface area contributed by atoms with Crippen LogP contribution in [0.4, 0.5) is 5.69 Å². The Labute approximate surface area is 110 Å². The average molecular weight is 259 g/mol. The van der Waals surface area contributed by atoms with Crippen molar-refractivity contribution < 1.29 is 15.0 Å². The highest BCUT2D eigenvalue weighted by Crippen LogP contribution is 2.20. The lowest BCUT2D eigenvalue weighted by atomic mass is 10.2. The number of benzene rings is 1. The van der Waals surface area contributed by atoms with E-state index in [9.17, 15) is 9.90 Å². The molecule has 0 aliphatic rings. The van der Waals surface area contributed by atoms with Crippen LogP contribution in [0.25, 0.3) is 0 Å². The Hall–Kier alpha value is -2.63. The quantitative estimate of drug-likeness (QED) is 0.865. The Bertz CT molecular complexity index is 601. The Morgan fingerprint density at radius 3 is 2.89 bits per heavy atom. The van der Waals surface area contributed by atoms with Crippen LogP contribution in [0.3, 0.4) is 0 Å². The number of anilines is 1. The molecule has 0 saturated carbocycles. The third-order valence-corrected chi connectivity index (χ3v) is 2.68. The van der Waals surface area contributed by atoms with Gasteiger partial charge in [-0.15, -0.1) is 0 Å². The van der Waals surface area contributed by atoms with E-state index in [1.807, 2.05) is 6.07 Å². The second-order valence-electron chi connectivity index (χ2n) is 4.06. The van der Waals surface area contributed by atoms with E-state index in [0.717, 1.165) is 5.69 Å². The van der Waals surface area contributed by atoms with Crippen molar-refractivity contribution in [1.29, 1.82) is 0 Å². The van der Waals surface area contributed by atoms with E-state index in [4.69, 9.17) is 5.11 Å². The Kier molecular flexibility index (Phi) is 3.61. The molecule has 0 unspecified atom stereocenters. The van der Waals surface area contributed by atoms with Gasteiger partial charge in [-0.25, -0.2) is 14.8 Å². The predicted molar refractivity (Wildman–Crippen MR) is 69.2 cm³/mol. The molecule has 1 aromatic carbocycles. The summed E-state index contributed by atoms with van der Waals surface area (Å²) in [5.41, 5.74) is 1.28. The number of carboxylic acid groups (broad SMARTS) is 1. The van der Waals surface area contributed by atoms with Gasteiger partial charge in [-0.3, -0.25) is 0 Å². The van der Waals surface area contributed by atoms with E-state index in [-0.39, 0.29) is 11.3 Å². The minimum absolute atomic E-state index is 0.0782. The molecular formula is C13H13N3O3. The van der Waals surface area contributed by atoms with Crippen molar-refractivity contribution in [2.24, 2.45) is 0 Å². The van der Waals surface area contributed by atoms with E-state index in [2.05, 4.69) is 9.97 Å². The second-order valence-corrected chi connectivity index (χ2v) is 4.06. The zero-order valence-electron chi connectivity index (χ0n) is 10.3. The molecule has 0 atom stereocenters. The first-order chi connectivity index (χ1) is 9.08. The minimum atomic E-state index is -1.06. The number of aromatic nitrogens is 2. The molecule has 2 rings (SSSR count). The van der Waals surface area contributed by atoms with Gasteiger partial charge >= 0.3 is 5.97 Å². The molecule has 6 heteroatoms. The van der Waals surface area contributed by atoms with Gasteiger partial charge in [0.25, 0.3) is 0 Å². The van der Waals surface area contributed by atoms with Crippen LogP contribution in [0.15, 0.2) is 36.8 Å². The van der Waals surface area contributed by atoms with Gasteiger partial charge < -0.3 is 15.1 Å². The van der Waals surface area contributed by atoms with E-state index in [1.165, 1.54) is 12.5 Å². The Balaban J connectivity index is 2.24. The van der Waals surface area contributed by atoms with Gasteiger partial charge in [-0.05, 0) is 12.1 Å². The van der Waals surface area contributed by atoms with Gasteiger partial charge in [0.2, 0.25) is 0 Å². The van der Waals surface area contributed by atoms with Crippen molar-refractivity contribution in [3.8, 4) is 5.75 Å². The zero-order chi connectivity index (χ0) is 13.8. The summed E-state index contributed by atoms with van der Waals surface area (Å²) in [7, 11) is 1.79. The van der Waals surface area contributed by atoms with Crippen molar-refractivity contribution >= 4 is 11.7 Å². The van der Waals surface area contributed by atoms with Gasteiger partial charge in [-0.1, -0.05) is 6.07 Å². The molecule has 2 aromatic rings. The predicted octanol–water partition coefficient (Wildman–Crippen LogP) is 1.52. The van der Waals surface area contributed by atoms with Gasteiger partial charge in [0, 0.05) is 25.0 Å². The lowest BCUT2D eigenvalue weighted by Crippen LogP contribution is -2.19. The summed E-state index contributed by atoms with van der Waals surface area (Å²) in [6, 6.07) is 6.72. The topological polar surface area (TPSA) is 86.6 Å². The summed E-state index contributed by atoms with van der Waals surface area (Å²) in [6.45, 7) is 0.313. The molecule has 0 radical (unpaired) electrons. The molecule has 0 spiro atoms. The highest BCUT2D eigenvalue weighted by atomic mass is 16.4. The van der Waals surface area contributed by atoms with Crippen molar-refractivity contribution in [3.63, 3.8) is 0 Å². The van der Waals surface area contributed by atoms with Crippen molar-refractivity contribution in [2.75, 3.05) is 11.9 Å². The van der Waals surface area contributed by atoms with Crippen LogP contribution in [0.5, 0.6) is 5.75 Å². The maximum Gasteiger partial charge on any atom is 0.339 e. The molecule has 2 N–H and O–H groups in total. The summed E-state index contributed by atoms with van der Waals surface area (Å²) < 4.78 is 0. The smallest absolute Gasteiger partial charge is 0.339 e. The van der Waals surface area contributed by atoms with Crippen molar-refractivity contribution in [3.05, 3.63) is 48.0 Å². The molecule has 0 aliphatic carbocycles. The monoisotopic (exact) mass is 259 g/mol. The first-order valence-corrected chi connectivity index (χ1v) is 5.60. The number of hydrogen-bond donors (Lipinski definition) is 2. The highest BCUT2D eigenvalue weighted by molar-refractivity contribution is 5.88. The summed E-state index contributed by atoms with van der Waals surface area (Å²) in [5.74, 6) is -0.898. The van der Waals surface area contributed by atoms with Gasteiger partial charge in [0.05, 0.1) is 12.2 Å². The van der Waals surface area contributed by atoms with Crippen molar-refractivity contribution in [1.82, 2.24) is 9.97 Å². The maximum absolute atomic E-state index is 11.1. The van der Waals surface area contributed by atoms with Crippen LogP contribution in [-0.2, 0) is 6.54 Å². The molecule has 19 heavy (non-hydrogen) atoms. The minimum Gasteiger partial charge on any atom is -0.508 e. The fraction of sp³-hybridized carbons (Fsp3) is 0.154. The molecule has 1 aromatic heterocycles. The van der Waals surface area contributed by atoms with Crippen LogP contribution in [0.1, 0.15) is 16.1 Å². The summed E-state index contributed by atoms with van der Waals surface area (Å²) >= 11 is 0. The molecule has 1 heterocycles. The summed E-state index contributed by atoms with van der Waals surface area (Å²) in [5, 5.41) is 18.5. The number of nitrogens with zero attached hydrogens (tertiary/aromatic N) is 3. The summed E-state index contributed by atoms with van der Waals surface area (Å²) in [4.78, 5) is 20.6. The fourth-order valence-corrected chi connectivity index (χ4v) is 1.71. The molecule has 98 valence electrons. The van der Waals surface area contributed by atoms with Gasteiger partial charge in [0.1, 0.15) is 17.6 Å². The normalized spacial score (nSPS) is 10.2. The molecule has 0 amide bonds. The number of phenols is 1. The Morgan fingerprint density at radius 1 is 1.42 bits per heavy atom. The first-order valence-electron chi connectivity index (χ1n) is 5.60. The lowest BCUT2D eigenvalue weighted by Gasteiger charge is -2.19. The van der Waals surface area contributed by atoms with E-state index < -0.39 is 5.97 Å². The number of aromatic carboxylic acids is 1. The summed E-state index contributed by atoms with van der Waals surface area (Å²) in [6.07, 6.45) is 2.60. The largest absolute Gasteiger partial charge is 0.508 e. The SMILES string of the molecule is CN(Cc1ncncc1C(=O)O)c1cccc(O)c1. The standard InChI is InChI=1S/C13H13N3O3/c1-16(9-3-2-4-10(17)5-9)7-12-11(13(18)19)6-14-8-15-12/h2-6,8,17H,7H2,1H3,(H,18,19). The van der Waals surface area contributed by atoms with E-state index in [1.54, 1.807) is 30.1 Å². The number of rotatable bonds is 4. The number of aromatic hydroxyl groups is 1. The molecule has 0 aliphatic heterocycles. The molecule has 0 fully saturated rings. The zero-order valence-corrected chi connectivity index (χ0v) is 10.3. The number of carboxylic acids is 1. The van der Waals surface area contributed by atoms with Crippen molar-refractivity contribution in [2.45, 2.75) is 6.54 Å². The third-order valence-electron chi connectivity index (χ3n) is 2.68. The van der Waals surface area contributed by atoms with Crippen LogP contribution in [-0.4, -0.2) is 33.2 Å². The lowest BCUT2D eigenvalue weighted by molar-refractivity contribution is 0.0694. The van der Waals surface area contributed by atoms with Crippen LogP contribution < -0.4 is 4.90 Å². The van der Waals surface area contributed by atoms with E-state index >= 15 is 0 Å². The number of phenolic OH excluding ortho intramolecular Hbond substituents is 1. The molecule has 0 bridgehead atoms. The third kappa shape index (κ3) is 2.98. The van der Waals surface area contributed by atoms with Crippen LogP contribution in [0.2, 0.25) is 0 Å². The maximum atomic E-state index is 11.1. The Morgan fingerprint density at radius 2 is 2.21 bits per heavy atom. The second kappa shape index (κ2) is 5.34. The molecule has 6 nitrogen and oxygen atoms in total.